The van der Waals surface area contributed by atoms with Gasteiger partial charge in [-0.05, 0) is 62.4 Å². The minimum atomic E-state index is 0.698. The lowest BCUT2D eigenvalue weighted by molar-refractivity contribution is 0.0523. The summed E-state index contributed by atoms with van der Waals surface area (Å²) in [6, 6.07) is 5.11. The van der Waals surface area contributed by atoms with Crippen molar-refractivity contribution in [3.63, 3.8) is 0 Å². The highest BCUT2D eigenvalue weighted by molar-refractivity contribution is 7.09. The van der Waals surface area contributed by atoms with Gasteiger partial charge in [-0.15, -0.1) is 11.3 Å². The summed E-state index contributed by atoms with van der Waals surface area (Å²) in [7, 11) is 0. The quantitative estimate of drug-likeness (QED) is 0.781. The second-order valence-electron chi connectivity index (χ2n) is 5.48. The van der Waals surface area contributed by atoms with E-state index in [0.29, 0.717) is 6.04 Å². The number of nitrogens with one attached hydrogen (secondary N) is 1. The highest BCUT2D eigenvalue weighted by Crippen LogP contribution is 2.23. The van der Waals surface area contributed by atoms with Crippen LogP contribution in [0.15, 0.2) is 17.5 Å². The molecule has 19 heavy (non-hydrogen) atoms. The van der Waals surface area contributed by atoms with Crippen molar-refractivity contribution in [2.24, 2.45) is 5.92 Å². The van der Waals surface area contributed by atoms with E-state index in [1.54, 1.807) is 0 Å². The van der Waals surface area contributed by atoms with Crippen LogP contribution >= 0.6 is 11.3 Å². The Hall–Kier alpha value is -0.380. The lowest BCUT2D eigenvalue weighted by Gasteiger charge is -2.31. The molecule has 108 valence electrons. The van der Waals surface area contributed by atoms with Gasteiger partial charge in [0.25, 0.3) is 0 Å². The second kappa shape index (κ2) is 8.72. The van der Waals surface area contributed by atoms with Gasteiger partial charge in [-0.3, -0.25) is 0 Å². The van der Waals surface area contributed by atoms with Gasteiger partial charge < -0.3 is 10.1 Å². The fraction of sp³-hybridized carbons (Fsp3) is 0.750. The molecule has 1 aromatic heterocycles. The molecular formula is C16H27NOS. The molecule has 0 bridgehead atoms. The van der Waals surface area contributed by atoms with Crippen LogP contribution in [-0.4, -0.2) is 25.8 Å². The molecule has 1 unspecified atom stereocenters. The third kappa shape index (κ3) is 5.25. The summed E-state index contributed by atoms with van der Waals surface area (Å²) in [4.78, 5) is 1.53. The molecule has 1 aromatic rings. The molecule has 0 aromatic carbocycles. The van der Waals surface area contributed by atoms with E-state index in [9.17, 15) is 0 Å². The van der Waals surface area contributed by atoms with Crippen LogP contribution in [0.5, 0.6) is 0 Å². The molecule has 1 saturated heterocycles. The maximum atomic E-state index is 5.49. The van der Waals surface area contributed by atoms with Crippen molar-refractivity contribution >= 4 is 11.3 Å². The smallest absolute Gasteiger partial charge is 0.0469 e. The van der Waals surface area contributed by atoms with Crippen molar-refractivity contribution in [1.82, 2.24) is 5.32 Å². The van der Waals surface area contributed by atoms with Crippen LogP contribution in [0.1, 0.15) is 43.9 Å². The zero-order valence-corrected chi connectivity index (χ0v) is 12.9. The maximum Gasteiger partial charge on any atom is 0.0469 e. The second-order valence-corrected chi connectivity index (χ2v) is 6.51. The largest absolute Gasteiger partial charge is 0.381 e. The van der Waals surface area contributed by atoms with Gasteiger partial charge in [0, 0.05) is 24.1 Å². The van der Waals surface area contributed by atoms with Crippen LogP contribution in [0.4, 0.5) is 0 Å². The summed E-state index contributed by atoms with van der Waals surface area (Å²) in [5.41, 5.74) is 0. The molecule has 1 fully saturated rings. The van der Waals surface area contributed by atoms with E-state index in [1.807, 2.05) is 11.3 Å². The molecule has 0 amide bonds. The van der Waals surface area contributed by atoms with Gasteiger partial charge in [0.15, 0.2) is 0 Å². The first-order chi connectivity index (χ1) is 9.40. The Kier molecular flexibility index (Phi) is 6.90. The minimum absolute atomic E-state index is 0.698. The predicted octanol–water partition coefficient (Wildman–Crippen LogP) is 3.87. The number of ether oxygens (including phenoxy) is 1. The van der Waals surface area contributed by atoms with Crippen LogP contribution in [0.2, 0.25) is 0 Å². The van der Waals surface area contributed by atoms with E-state index in [1.165, 1.54) is 43.4 Å². The van der Waals surface area contributed by atoms with Gasteiger partial charge in [-0.25, -0.2) is 0 Å². The van der Waals surface area contributed by atoms with E-state index < -0.39 is 0 Å². The van der Waals surface area contributed by atoms with E-state index in [0.717, 1.165) is 25.7 Å². The summed E-state index contributed by atoms with van der Waals surface area (Å²) in [6.45, 7) is 5.32. The SMILES string of the molecule is CCCNC(CCCc1cccs1)C1CCOCC1. The van der Waals surface area contributed by atoms with Gasteiger partial charge in [0.1, 0.15) is 0 Å². The Morgan fingerprint density at radius 1 is 1.42 bits per heavy atom. The van der Waals surface area contributed by atoms with Crippen molar-refractivity contribution in [2.75, 3.05) is 19.8 Å². The first-order valence-corrected chi connectivity index (χ1v) is 8.61. The van der Waals surface area contributed by atoms with E-state index in [-0.39, 0.29) is 0 Å². The monoisotopic (exact) mass is 281 g/mol. The predicted molar refractivity (Wildman–Crippen MR) is 82.9 cm³/mol. The Morgan fingerprint density at radius 3 is 2.95 bits per heavy atom. The molecule has 0 radical (unpaired) electrons. The summed E-state index contributed by atoms with van der Waals surface area (Å²) in [5.74, 6) is 0.823. The van der Waals surface area contributed by atoms with E-state index >= 15 is 0 Å². The fourth-order valence-electron chi connectivity index (χ4n) is 2.90. The topological polar surface area (TPSA) is 21.3 Å². The maximum absolute atomic E-state index is 5.49. The molecule has 1 aliphatic rings. The Labute approximate surface area is 121 Å². The van der Waals surface area contributed by atoms with Crippen molar-refractivity contribution in [3.8, 4) is 0 Å². The number of thiophene rings is 1. The zero-order valence-electron chi connectivity index (χ0n) is 12.1. The van der Waals surface area contributed by atoms with Crippen molar-refractivity contribution in [1.29, 1.82) is 0 Å². The number of rotatable bonds is 8. The zero-order chi connectivity index (χ0) is 13.3. The van der Waals surface area contributed by atoms with Gasteiger partial charge in [0.2, 0.25) is 0 Å². The normalized spacial score (nSPS) is 18.6. The molecule has 0 spiro atoms. The lowest BCUT2D eigenvalue weighted by atomic mass is 9.88. The van der Waals surface area contributed by atoms with Crippen molar-refractivity contribution in [3.05, 3.63) is 22.4 Å². The average molecular weight is 281 g/mol. The molecule has 1 aliphatic heterocycles. The minimum Gasteiger partial charge on any atom is -0.381 e. The summed E-state index contributed by atoms with van der Waals surface area (Å²) >= 11 is 1.89. The third-order valence-corrected chi connectivity index (χ3v) is 4.95. The molecular weight excluding hydrogens is 254 g/mol. The Bertz CT molecular complexity index is 319. The average Bonchev–Trinajstić information content (AvgIpc) is 2.97. The highest BCUT2D eigenvalue weighted by Gasteiger charge is 2.22. The molecule has 0 aliphatic carbocycles. The lowest BCUT2D eigenvalue weighted by Crippen LogP contribution is -2.39. The van der Waals surface area contributed by atoms with Gasteiger partial charge >= 0.3 is 0 Å². The summed E-state index contributed by atoms with van der Waals surface area (Å²) in [5, 5.41) is 5.95. The Morgan fingerprint density at radius 2 is 2.26 bits per heavy atom. The molecule has 0 saturated carbocycles. The van der Waals surface area contributed by atoms with Gasteiger partial charge in [0.05, 0.1) is 0 Å². The van der Waals surface area contributed by atoms with Crippen LogP contribution < -0.4 is 5.32 Å². The van der Waals surface area contributed by atoms with Crippen molar-refractivity contribution in [2.45, 2.75) is 51.5 Å². The number of hydrogen-bond donors (Lipinski definition) is 1. The summed E-state index contributed by atoms with van der Waals surface area (Å²) in [6.07, 6.45) is 7.55. The molecule has 2 rings (SSSR count). The third-order valence-electron chi connectivity index (χ3n) is 4.01. The first-order valence-electron chi connectivity index (χ1n) is 7.73. The van der Waals surface area contributed by atoms with Gasteiger partial charge in [-0.1, -0.05) is 13.0 Å². The highest BCUT2D eigenvalue weighted by atomic mass is 32.1. The summed E-state index contributed by atoms with van der Waals surface area (Å²) < 4.78 is 5.49. The van der Waals surface area contributed by atoms with Gasteiger partial charge in [-0.2, -0.15) is 0 Å². The molecule has 2 nitrogen and oxygen atoms in total. The molecule has 3 heteroatoms. The molecule has 2 heterocycles. The number of aryl methyl sites for hydroxylation is 1. The van der Waals surface area contributed by atoms with E-state index in [2.05, 4.69) is 29.8 Å². The number of hydrogen-bond acceptors (Lipinski definition) is 3. The molecule has 1 N–H and O–H groups in total. The van der Waals surface area contributed by atoms with E-state index in [4.69, 9.17) is 4.74 Å². The first kappa shape index (κ1) is 15.0. The van der Waals surface area contributed by atoms with Crippen LogP contribution in [-0.2, 0) is 11.2 Å². The standard InChI is InChI=1S/C16H27NOS/c1-2-10-17-16(14-8-11-18-12-9-14)7-3-5-15-6-4-13-19-15/h4,6,13-14,16-17H,2-3,5,7-12H2,1H3. The van der Waals surface area contributed by atoms with Crippen LogP contribution in [0.25, 0.3) is 0 Å². The Balaban J connectivity index is 1.75. The molecule has 1 atom stereocenters. The van der Waals surface area contributed by atoms with Crippen LogP contribution in [0, 0.1) is 5.92 Å². The van der Waals surface area contributed by atoms with Crippen molar-refractivity contribution < 1.29 is 4.74 Å². The fourth-order valence-corrected chi connectivity index (χ4v) is 3.65. The van der Waals surface area contributed by atoms with Crippen LogP contribution in [0.3, 0.4) is 0 Å².